The number of carbonyl (C=O) groups excluding carboxylic acids is 2. The van der Waals surface area contributed by atoms with E-state index in [4.69, 9.17) is 0 Å². The SMILES string of the molecule is O=C(NCc1cc(C(F)(F)F)ccn1)C1=CN(CCCCn2cc(C(=O)NCc3cccc(O)c3)nn2)NN1. The van der Waals surface area contributed by atoms with Crippen molar-refractivity contribution in [1.29, 1.82) is 0 Å². The number of phenolic OH excluding ortho intramolecular Hbond substituents is 1. The van der Waals surface area contributed by atoms with Gasteiger partial charge in [-0.25, -0.2) is 0 Å². The second kappa shape index (κ2) is 12.3. The smallest absolute Gasteiger partial charge is 0.416 e. The monoisotopic (exact) mass is 545 g/mol. The second-order valence-corrected chi connectivity index (χ2v) is 8.62. The van der Waals surface area contributed by atoms with Crippen LogP contribution in [0.4, 0.5) is 13.2 Å². The Morgan fingerprint density at radius 3 is 2.62 bits per heavy atom. The lowest BCUT2D eigenvalue weighted by Crippen LogP contribution is -2.39. The molecule has 2 aromatic heterocycles. The normalized spacial score (nSPS) is 13.1. The summed E-state index contributed by atoms with van der Waals surface area (Å²) in [5, 5.41) is 24.3. The third kappa shape index (κ3) is 7.91. The molecule has 12 nitrogen and oxygen atoms in total. The Kier molecular flexibility index (Phi) is 8.60. The first-order chi connectivity index (χ1) is 18.7. The summed E-state index contributed by atoms with van der Waals surface area (Å²) >= 11 is 0. The first-order valence-electron chi connectivity index (χ1n) is 11.9. The lowest BCUT2D eigenvalue weighted by Gasteiger charge is -2.14. The number of carbonyl (C=O) groups is 2. The summed E-state index contributed by atoms with van der Waals surface area (Å²) in [4.78, 5) is 28.5. The number of aryl methyl sites for hydroxylation is 1. The number of rotatable bonds is 11. The summed E-state index contributed by atoms with van der Waals surface area (Å²) in [5.41, 5.74) is 5.94. The van der Waals surface area contributed by atoms with E-state index < -0.39 is 17.6 Å². The summed E-state index contributed by atoms with van der Waals surface area (Å²) in [6, 6.07) is 8.34. The van der Waals surface area contributed by atoms with Crippen molar-refractivity contribution in [1.82, 2.24) is 46.6 Å². The molecule has 0 aliphatic carbocycles. The van der Waals surface area contributed by atoms with Gasteiger partial charge in [-0.05, 0) is 42.7 Å². The Labute approximate surface area is 220 Å². The van der Waals surface area contributed by atoms with Gasteiger partial charge in [-0.15, -0.1) is 10.6 Å². The number of nitrogens with one attached hydrogen (secondary N) is 4. The van der Waals surface area contributed by atoms with Gasteiger partial charge in [0.1, 0.15) is 11.4 Å². The van der Waals surface area contributed by atoms with Gasteiger partial charge in [0.15, 0.2) is 5.69 Å². The van der Waals surface area contributed by atoms with E-state index in [2.05, 4.69) is 36.9 Å². The zero-order valence-electron chi connectivity index (χ0n) is 20.6. The van der Waals surface area contributed by atoms with Gasteiger partial charge in [0.05, 0.1) is 24.0 Å². The maximum Gasteiger partial charge on any atom is 0.416 e. The molecule has 1 aromatic carbocycles. The molecule has 0 saturated heterocycles. The van der Waals surface area contributed by atoms with E-state index >= 15 is 0 Å². The van der Waals surface area contributed by atoms with Gasteiger partial charge in [-0.1, -0.05) is 17.3 Å². The van der Waals surface area contributed by atoms with Crippen LogP contribution in [0.25, 0.3) is 0 Å². The van der Waals surface area contributed by atoms with Gasteiger partial charge >= 0.3 is 6.18 Å². The molecule has 0 bridgehead atoms. The first-order valence-corrected chi connectivity index (χ1v) is 11.9. The average molecular weight is 546 g/mol. The van der Waals surface area contributed by atoms with E-state index in [1.54, 1.807) is 46.4 Å². The van der Waals surface area contributed by atoms with Crippen LogP contribution in [0.1, 0.15) is 40.2 Å². The van der Waals surface area contributed by atoms with Gasteiger partial charge < -0.3 is 15.7 Å². The van der Waals surface area contributed by atoms with Crippen LogP contribution in [-0.4, -0.2) is 48.5 Å². The van der Waals surface area contributed by atoms with Crippen molar-refractivity contribution in [3.05, 3.63) is 83.2 Å². The third-order valence-corrected chi connectivity index (χ3v) is 5.61. The van der Waals surface area contributed by atoms with Gasteiger partial charge in [-0.3, -0.25) is 29.7 Å². The molecular weight excluding hydrogens is 519 g/mol. The number of benzene rings is 1. The largest absolute Gasteiger partial charge is 0.508 e. The van der Waals surface area contributed by atoms with Crippen LogP contribution < -0.4 is 21.6 Å². The third-order valence-electron chi connectivity index (χ3n) is 5.61. The number of phenols is 1. The quantitative estimate of drug-likeness (QED) is 0.227. The number of alkyl halides is 3. The lowest BCUT2D eigenvalue weighted by molar-refractivity contribution is -0.137. The lowest BCUT2D eigenvalue weighted by atomic mass is 10.2. The molecule has 0 saturated carbocycles. The van der Waals surface area contributed by atoms with Crippen LogP contribution in [0.15, 0.2) is 60.7 Å². The van der Waals surface area contributed by atoms with Crippen LogP contribution in [0, 0.1) is 0 Å². The van der Waals surface area contributed by atoms with Crippen molar-refractivity contribution in [2.75, 3.05) is 6.54 Å². The van der Waals surface area contributed by atoms with Crippen LogP contribution >= 0.6 is 0 Å². The molecule has 1 aliphatic heterocycles. The van der Waals surface area contributed by atoms with Gasteiger partial charge in [0, 0.05) is 32.0 Å². The summed E-state index contributed by atoms with van der Waals surface area (Å²) < 4.78 is 40.0. The molecule has 5 N–H and O–H groups in total. The number of hydrogen-bond donors (Lipinski definition) is 5. The Hall–Kier alpha value is -4.66. The Balaban J connectivity index is 1.15. The van der Waals surface area contributed by atoms with Crippen molar-refractivity contribution in [2.24, 2.45) is 0 Å². The summed E-state index contributed by atoms with van der Waals surface area (Å²) in [6.07, 6.45) is 1.10. The van der Waals surface area contributed by atoms with Gasteiger partial charge in [0.25, 0.3) is 11.8 Å². The number of aromatic nitrogens is 4. The number of aromatic hydroxyl groups is 1. The molecule has 206 valence electrons. The Morgan fingerprint density at radius 1 is 1.03 bits per heavy atom. The summed E-state index contributed by atoms with van der Waals surface area (Å²) in [7, 11) is 0. The number of hydrogen-bond acceptors (Lipinski definition) is 9. The standard InChI is InChI=1S/C24H26F3N9O3/c25-24(26,27)17-6-7-28-18(11-17)13-30-23(39)21-15-36(34-32-21)9-2-1-8-35-14-20(31-33-35)22(38)29-12-16-4-3-5-19(37)10-16/h3-7,10-11,14-15,32,34,37H,1-2,8-9,12-13H2,(H,29,38)(H,30,39). The van der Waals surface area contributed by atoms with Crippen LogP contribution in [0.2, 0.25) is 0 Å². The number of unbranched alkanes of at least 4 members (excludes halogenated alkanes) is 1. The molecule has 0 spiro atoms. The first kappa shape index (κ1) is 27.4. The molecule has 4 rings (SSSR count). The topological polar surface area (TPSA) is 149 Å². The fraction of sp³-hybridized carbons (Fsp3) is 0.292. The van der Waals surface area contributed by atoms with Crippen LogP contribution in [0.3, 0.4) is 0 Å². The average Bonchev–Trinajstić information content (AvgIpc) is 3.58. The number of amides is 2. The van der Waals surface area contributed by atoms with Crippen molar-refractivity contribution >= 4 is 11.8 Å². The van der Waals surface area contributed by atoms with Gasteiger partial charge in [-0.2, -0.15) is 13.2 Å². The molecule has 2 amide bonds. The van der Waals surface area contributed by atoms with E-state index in [-0.39, 0.29) is 41.8 Å². The van der Waals surface area contributed by atoms with Crippen molar-refractivity contribution in [3.63, 3.8) is 0 Å². The zero-order valence-corrected chi connectivity index (χ0v) is 20.6. The van der Waals surface area contributed by atoms with E-state index in [0.717, 1.165) is 23.9 Å². The molecule has 3 heterocycles. The minimum absolute atomic E-state index is 0.0896. The molecule has 0 radical (unpaired) electrons. The molecule has 15 heteroatoms. The molecular formula is C24H26F3N9O3. The van der Waals surface area contributed by atoms with E-state index in [1.807, 2.05) is 0 Å². The Morgan fingerprint density at radius 2 is 1.82 bits per heavy atom. The van der Waals surface area contributed by atoms with Crippen molar-refractivity contribution in [3.8, 4) is 5.75 Å². The van der Waals surface area contributed by atoms with E-state index in [0.29, 0.717) is 25.9 Å². The predicted molar refractivity (Wildman–Crippen MR) is 131 cm³/mol. The highest BCUT2D eigenvalue weighted by atomic mass is 19.4. The van der Waals surface area contributed by atoms with Crippen molar-refractivity contribution < 1.29 is 27.9 Å². The summed E-state index contributed by atoms with van der Waals surface area (Å²) in [6.45, 7) is 1.16. The minimum atomic E-state index is -4.48. The predicted octanol–water partition coefficient (Wildman–Crippen LogP) is 1.59. The molecule has 0 atom stereocenters. The van der Waals surface area contributed by atoms with Crippen molar-refractivity contribution in [2.45, 2.75) is 38.7 Å². The zero-order chi connectivity index (χ0) is 27.8. The number of pyridine rings is 1. The second-order valence-electron chi connectivity index (χ2n) is 8.62. The highest BCUT2D eigenvalue weighted by Gasteiger charge is 2.30. The number of halogens is 3. The highest BCUT2D eigenvalue weighted by Crippen LogP contribution is 2.29. The fourth-order valence-electron chi connectivity index (χ4n) is 3.61. The van der Waals surface area contributed by atoms with Gasteiger partial charge in [0.2, 0.25) is 0 Å². The van der Waals surface area contributed by atoms with Crippen LogP contribution in [0.5, 0.6) is 5.75 Å². The summed E-state index contributed by atoms with van der Waals surface area (Å²) in [5.74, 6) is -0.757. The van der Waals surface area contributed by atoms with Crippen LogP contribution in [-0.2, 0) is 30.6 Å². The van der Waals surface area contributed by atoms with E-state index in [1.165, 1.54) is 0 Å². The molecule has 1 aliphatic rings. The maximum atomic E-state index is 12.8. The van der Waals surface area contributed by atoms with E-state index in [9.17, 15) is 27.9 Å². The molecule has 0 unspecified atom stereocenters. The minimum Gasteiger partial charge on any atom is -0.508 e. The maximum absolute atomic E-state index is 12.8. The molecule has 3 aromatic rings. The molecule has 0 fully saturated rings. The highest BCUT2D eigenvalue weighted by molar-refractivity contribution is 5.93. The fourth-order valence-corrected chi connectivity index (χ4v) is 3.61. The number of hydrazine groups is 2. The number of nitrogens with zero attached hydrogens (tertiary/aromatic N) is 5. The molecule has 39 heavy (non-hydrogen) atoms. The Bertz CT molecular complexity index is 1340.